The lowest BCUT2D eigenvalue weighted by Gasteiger charge is -2.13. The number of carbonyl (C=O) groups excluding carboxylic acids is 1. The Balaban J connectivity index is 1.50. The lowest BCUT2D eigenvalue weighted by molar-refractivity contribution is 0.0951. The number of aromatic nitrogens is 2. The minimum Gasteiger partial charge on any atom is -0.361 e. The third-order valence-corrected chi connectivity index (χ3v) is 7.84. The number of anilines is 2. The van der Waals surface area contributed by atoms with Crippen molar-refractivity contribution in [2.45, 2.75) is 13.8 Å². The number of nitriles is 1. The van der Waals surface area contributed by atoms with Crippen LogP contribution in [0.2, 0.25) is 0 Å². The highest BCUT2D eigenvalue weighted by Crippen LogP contribution is 2.43. The smallest absolute Gasteiger partial charge is 0.251 e. The number of amides is 1. The summed E-state index contributed by atoms with van der Waals surface area (Å²) in [4.78, 5) is 24.3. The number of nitrogens with one attached hydrogen (secondary N) is 3. The van der Waals surface area contributed by atoms with Gasteiger partial charge in [0.25, 0.3) is 5.91 Å². The monoisotopic (exact) mass is 508 g/mol. The van der Waals surface area contributed by atoms with Crippen LogP contribution in [0, 0.1) is 25.2 Å². The van der Waals surface area contributed by atoms with Crippen molar-refractivity contribution in [3.05, 3.63) is 77.1 Å². The molecule has 2 aromatic carbocycles. The lowest BCUT2D eigenvalue weighted by Crippen LogP contribution is -2.31. The first-order valence-corrected chi connectivity index (χ1v) is 12.9. The van der Waals surface area contributed by atoms with Gasteiger partial charge in [-0.25, -0.2) is 4.98 Å². The minimum absolute atomic E-state index is 0.0805. The highest BCUT2D eigenvalue weighted by Gasteiger charge is 2.19. The van der Waals surface area contributed by atoms with E-state index in [9.17, 15) is 10.1 Å². The van der Waals surface area contributed by atoms with Crippen LogP contribution >= 0.6 is 11.3 Å². The number of aromatic amines is 1. The molecule has 0 aliphatic rings. The summed E-state index contributed by atoms with van der Waals surface area (Å²) in [6, 6.07) is 16.1. The highest BCUT2D eigenvalue weighted by molar-refractivity contribution is 7.22. The number of aryl methyl sites for hydroxylation is 2. The van der Waals surface area contributed by atoms with Crippen molar-refractivity contribution in [3.8, 4) is 16.5 Å². The van der Waals surface area contributed by atoms with Crippen molar-refractivity contribution in [1.29, 1.82) is 5.26 Å². The van der Waals surface area contributed by atoms with Gasteiger partial charge in [0, 0.05) is 57.9 Å². The number of H-pyrrole nitrogens is 1. The zero-order chi connectivity index (χ0) is 26.1. The summed E-state index contributed by atoms with van der Waals surface area (Å²) < 4.78 is 0. The molecule has 0 unspecified atom stereocenters. The summed E-state index contributed by atoms with van der Waals surface area (Å²) in [7, 11) is 3.96. The van der Waals surface area contributed by atoms with Gasteiger partial charge in [-0.1, -0.05) is 12.1 Å². The molecule has 0 atom stereocenters. The van der Waals surface area contributed by atoms with Gasteiger partial charge in [0.2, 0.25) is 0 Å². The predicted molar refractivity (Wildman–Crippen MR) is 152 cm³/mol. The SMILES string of the molecule is Cc1c(Nc2c(C#N)cnc3sc(-c4ccc(C(=O)NCCN(C)C)cc4)c(C)c23)ccc2[nH]ccc12. The molecule has 5 rings (SSSR count). The molecule has 0 radical (unpaired) electrons. The quantitative estimate of drug-likeness (QED) is 0.252. The largest absolute Gasteiger partial charge is 0.361 e. The van der Waals surface area contributed by atoms with Crippen LogP contribution in [0.1, 0.15) is 27.0 Å². The lowest BCUT2D eigenvalue weighted by atomic mass is 10.0. The van der Waals surface area contributed by atoms with Crippen LogP contribution < -0.4 is 10.6 Å². The Morgan fingerprint density at radius 3 is 2.62 bits per heavy atom. The van der Waals surface area contributed by atoms with E-state index in [2.05, 4.69) is 46.6 Å². The number of pyridine rings is 1. The van der Waals surface area contributed by atoms with Crippen LogP contribution in [0.4, 0.5) is 11.4 Å². The molecule has 0 aliphatic carbocycles. The first-order valence-electron chi connectivity index (χ1n) is 12.1. The molecule has 8 heteroatoms. The molecular formula is C29H28N6OS. The summed E-state index contributed by atoms with van der Waals surface area (Å²) in [5.41, 5.74) is 7.10. The van der Waals surface area contributed by atoms with E-state index in [1.807, 2.05) is 61.6 Å². The number of nitrogens with zero attached hydrogens (tertiary/aromatic N) is 3. The van der Waals surface area contributed by atoms with Crippen molar-refractivity contribution in [2.24, 2.45) is 0 Å². The second-order valence-electron chi connectivity index (χ2n) is 9.33. The van der Waals surface area contributed by atoms with E-state index in [4.69, 9.17) is 0 Å². The Kier molecular flexibility index (Phi) is 6.66. The normalized spacial score (nSPS) is 11.2. The molecule has 5 aromatic rings. The molecule has 0 aliphatic heterocycles. The maximum atomic E-state index is 12.5. The molecule has 0 bridgehead atoms. The fourth-order valence-electron chi connectivity index (χ4n) is 4.52. The van der Waals surface area contributed by atoms with Crippen molar-refractivity contribution in [2.75, 3.05) is 32.5 Å². The molecule has 37 heavy (non-hydrogen) atoms. The summed E-state index contributed by atoms with van der Waals surface area (Å²) in [6.07, 6.45) is 3.57. The minimum atomic E-state index is -0.0805. The number of rotatable bonds is 7. The predicted octanol–water partition coefficient (Wildman–Crippen LogP) is 5.97. The number of hydrogen-bond donors (Lipinski definition) is 3. The van der Waals surface area contributed by atoms with Crippen LogP contribution in [-0.2, 0) is 0 Å². The summed E-state index contributed by atoms with van der Waals surface area (Å²) in [6.45, 7) is 5.53. The number of hydrogen-bond acceptors (Lipinski definition) is 6. The number of likely N-dealkylation sites (N-methyl/N-ethyl adjacent to an activating group) is 1. The van der Waals surface area contributed by atoms with E-state index in [0.717, 1.165) is 60.6 Å². The molecule has 3 heterocycles. The second-order valence-corrected chi connectivity index (χ2v) is 10.3. The van der Waals surface area contributed by atoms with Gasteiger partial charge in [-0.2, -0.15) is 5.26 Å². The van der Waals surface area contributed by atoms with Gasteiger partial charge >= 0.3 is 0 Å². The third kappa shape index (κ3) is 4.67. The van der Waals surface area contributed by atoms with E-state index < -0.39 is 0 Å². The fourth-order valence-corrected chi connectivity index (χ4v) is 5.68. The molecule has 7 nitrogen and oxygen atoms in total. The van der Waals surface area contributed by atoms with E-state index in [-0.39, 0.29) is 5.91 Å². The zero-order valence-corrected chi connectivity index (χ0v) is 22.1. The van der Waals surface area contributed by atoms with Gasteiger partial charge < -0.3 is 20.5 Å². The second kappa shape index (κ2) is 10.1. The Morgan fingerprint density at radius 2 is 1.89 bits per heavy atom. The van der Waals surface area contributed by atoms with Gasteiger partial charge in [-0.05, 0) is 75.0 Å². The first kappa shape index (κ1) is 24.5. The summed E-state index contributed by atoms with van der Waals surface area (Å²) >= 11 is 1.59. The van der Waals surface area contributed by atoms with E-state index in [1.165, 1.54) is 0 Å². The zero-order valence-electron chi connectivity index (χ0n) is 21.3. The maximum Gasteiger partial charge on any atom is 0.251 e. The van der Waals surface area contributed by atoms with Gasteiger partial charge in [-0.3, -0.25) is 4.79 Å². The van der Waals surface area contributed by atoms with Gasteiger partial charge in [-0.15, -0.1) is 11.3 Å². The molecule has 1 amide bonds. The average Bonchev–Trinajstić information content (AvgIpc) is 3.51. The van der Waals surface area contributed by atoms with Crippen LogP contribution in [0.15, 0.2) is 54.9 Å². The van der Waals surface area contributed by atoms with E-state index >= 15 is 0 Å². The van der Waals surface area contributed by atoms with Crippen LogP contribution in [-0.4, -0.2) is 48.0 Å². The average molecular weight is 509 g/mol. The number of carbonyl (C=O) groups is 1. The number of benzene rings is 2. The van der Waals surface area contributed by atoms with Crippen molar-refractivity contribution < 1.29 is 4.79 Å². The molecule has 3 aromatic heterocycles. The fraction of sp³-hybridized carbons (Fsp3) is 0.207. The van der Waals surface area contributed by atoms with Crippen molar-refractivity contribution >= 4 is 49.7 Å². The van der Waals surface area contributed by atoms with Gasteiger partial charge in [0.15, 0.2) is 0 Å². The van der Waals surface area contributed by atoms with Gasteiger partial charge in [0.1, 0.15) is 10.9 Å². The molecule has 0 saturated carbocycles. The molecule has 186 valence electrons. The molecule has 0 saturated heterocycles. The highest BCUT2D eigenvalue weighted by atomic mass is 32.1. The van der Waals surface area contributed by atoms with Crippen LogP contribution in [0.5, 0.6) is 0 Å². The molecule has 3 N–H and O–H groups in total. The van der Waals surface area contributed by atoms with E-state index in [0.29, 0.717) is 17.7 Å². The van der Waals surface area contributed by atoms with Crippen molar-refractivity contribution in [1.82, 2.24) is 20.2 Å². The summed E-state index contributed by atoms with van der Waals surface area (Å²) in [5, 5.41) is 18.5. The molecular weight excluding hydrogens is 480 g/mol. The molecule has 0 spiro atoms. The standard InChI is InChI=1S/C29H28N6OS/c1-17-22-11-12-31-24(22)10-9-23(17)34-26-21(15-30)16-33-29-25(26)18(2)27(37-29)19-5-7-20(8-6-19)28(36)32-13-14-35(3)4/h5-12,16,31H,13-14H2,1-4H3,(H,32,36)(H,33,34). The molecule has 0 fully saturated rings. The Bertz CT molecular complexity index is 1660. The summed E-state index contributed by atoms with van der Waals surface area (Å²) in [5.74, 6) is -0.0805. The number of thiophene rings is 1. The first-order chi connectivity index (χ1) is 17.9. The van der Waals surface area contributed by atoms with Crippen molar-refractivity contribution in [3.63, 3.8) is 0 Å². The Morgan fingerprint density at radius 1 is 1.11 bits per heavy atom. The topological polar surface area (TPSA) is 96.8 Å². The third-order valence-electron chi connectivity index (χ3n) is 6.60. The van der Waals surface area contributed by atoms with Gasteiger partial charge in [0.05, 0.1) is 11.3 Å². The Labute approximate surface area is 219 Å². The van der Waals surface area contributed by atoms with Crippen LogP contribution in [0.3, 0.4) is 0 Å². The van der Waals surface area contributed by atoms with E-state index in [1.54, 1.807) is 17.5 Å². The Hall–Kier alpha value is -4.19. The number of fused-ring (bicyclic) bond motifs is 2. The maximum absolute atomic E-state index is 12.5. The van der Waals surface area contributed by atoms with Crippen LogP contribution in [0.25, 0.3) is 31.6 Å².